The van der Waals surface area contributed by atoms with Gasteiger partial charge < -0.3 is 15.0 Å². The molecule has 0 spiro atoms. The number of aryl methyl sites for hydroxylation is 1. The molecule has 2 aromatic carbocycles. The van der Waals surface area contributed by atoms with Crippen LogP contribution >= 0.6 is 11.6 Å². The van der Waals surface area contributed by atoms with Crippen molar-refractivity contribution >= 4 is 28.4 Å². The lowest BCUT2D eigenvalue weighted by Crippen LogP contribution is -2.43. The molecule has 0 aliphatic heterocycles. The van der Waals surface area contributed by atoms with E-state index in [1.807, 2.05) is 30.3 Å². The zero-order valence-electron chi connectivity index (χ0n) is 15.4. The summed E-state index contributed by atoms with van der Waals surface area (Å²) in [7, 11) is 1.53. The van der Waals surface area contributed by atoms with Gasteiger partial charge in [-0.25, -0.2) is 0 Å². The number of hydrogen-bond donors (Lipinski definition) is 2. The maximum Gasteiger partial charge on any atom is 0.251 e. The van der Waals surface area contributed by atoms with Gasteiger partial charge in [-0.1, -0.05) is 41.9 Å². The molecule has 3 aromatic rings. The largest absolute Gasteiger partial charge is 0.369 e. The number of ether oxygens (including phenoxy) is 1. The van der Waals surface area contributed by atoms with Crippen molar-refractivity contribution in [3.63, 3.8) is 0 Å². The molecule has 0 fully saturated rings. The number of nitrogens with one attached hydrogen (secondary N) is 2. The monoisotopic (exact) mass is 370 g/mol. The smallest absolute Gasteiger partial charge is 0.251 e. The Morgan fingerprint density at radius 3 is 2.58 bits per heavy atom. The van der Waals surface area contributed by atoms with E-state index in [1.165, 1.54) is 7.11 Å². The highest BCUT2D eigenvalue weighted by molar-refractivity contribution is 6.31. The maximum atomic E-state index is 12.3. The normalized spacial score (nSPS) is 11.7. The third-order valence-electron chi connectivity index (χ3n) is 4.77. The Morgan fingerprint density at radius 1 is 1.23 bits per heavy atom. The van der Waals surface area contributed by atoms with E-state index in [9.17, 15) is 4.79 Å². The number of carbonyl (C=O) groups is 1. The Hall–Kier alpha value is -2.30. The second kappa shape index (κ2) is 7.14. The standard InChI is InChI=1S/C21H23ClN2O2/c1-13-17-11-16(22)10-15(12-23-20(25)21(2,3)26-4)19(17)24-18(13)14-8-6-5-7-9-14/h5-11,24H,12H2,1-4H3,(H,23,25). The molecule has 0 saturated heterocycles. The van der Waals surface area contributed by atoms with Crippen LogP contribution in [-0.4, -0.2) is 23.6 Å². The van der Waals surface area contributed by atoms with Crippen molar-refractivity contribution in [3.05, 3.63) is 58.6 Å². The summed E-state index contributed by atoms with van der Waals surface area (Å²) in [6.45, 7) is 5.93. The van der Waals surface area contributed by atoms with Gasteiger partial charge in [0.05, 0.1) is 5.52 Å². The molecule has 4 nitrogen and oxygen atoms in total. The minimum absolute atomic E-state index is 0.167. The Morgan fingerprint density at radius 2 is 1.92 bits per heavy atom. The highest BCUT2D eigenvalue weighted by Gasteiger charge is 2.26. The van der Waals surface area contributed by atoms with Gasteiger partial charge in [-0.2, -0.15) is 0 Å². The van der Waals surface area contributed by atoms with Crippen LogP contribution in [0.2, 0.25) is 5.02 Å². The minimum Gasteiger partial charge on any atom is -0.369 e. The number of rotatable bonds is 5. The van der Waals surface area contributed by atoms with Crippen LogP contribution in [-0.2, 0) is 16.1 Å². The minimum atomic E-state index is -0.876. The Kier molecular flexibility index (Phi) is 5.08. The summed E-state index contributed by atoms with van der Waals surface area (Å²) in [6, 6.07) is 14.0. The molecule has 3 rings (SSSR count). The molecular weight excluding hydrogens is 348 g/mol. The van der Waals surface area contributed by atoms with Crippen molar-refractivity contribution in [2.24, 2.45) is 0 Å². The van der Waals surface area contributed by atoms with Gasteiger partial charge in [0.1, 0.15) is 5.60 Å². The second-order valence-corrected chi connectivity index (χ2v) is 7.31. The lowest BCUT2D eigenvalue weighted by Gasteiger charge is -2.21. The first kappa shape index (κ1) is 18.5. The first-order valence-corrected chi connectivity index (χ1v) is 8.91. The van der Waals surface area contributed by atoms with Gasteiger partial charge in [0.15, 0.2) is 0 Å². The average molecular weight is 371 g/mol. The number of fused-ring (bicyclic) bond motifs is 1. The predicted molar refractivity (Wildman–Crippen MR) is 106 cm³/mol. The lowest BCUT2D eigenvalue weighted by molar-refractivity contribution is -0.139. The van der Waals surface area contributed by atoms with Crippen LogP contribution in [0.25, 0.3) is 22.2 Å². The van der Waals surface area contributed by atoms with Gasteiger partial charge in [0.25, 0.3) is 5.91 Å². The third kappa shape index (κ3) is 3.48. The van der Waals surface area contributed by atoms with Crippen molar-refractivity contribution in [1.29, 1.82) is 0 Å². The highest BCUT2D eigenvalue weighted by atomic mass is 35.5. The van der Waals surface area contributed by atoms with Crippen LogP contribution < -0.4 is 5.32 Å². The van der Waals surface area contributed by atoms with Gasteiger partial charge in [-0.15, -0.1) is 0 Å². The van der Waals surface area contributed by atoms with E-state index in [0.29, 0.717) is 11.6 Å². The zero-order chi connectivity index (χ0) is 18.9. The number of amides is 1. The molecule has 2 N–H and O–H groups in total. The Labute approximate surface area is 158 Å². The summed E-state index contributed by atoms with van der Waals surface area (Å²) in [5.74, 6) is -0.167. The van der Waals surface area contributed by atoms with Crippen molar-refractivity contribution in [1.82, 2.24) is 10.3 Å². The summed E-state index contributed by atoms with van der Waals surface area (Å²) in [6.07, 6.45) is 0. The highest BCUT2D eigenvalue weighted by Crippen LogP contribution is 2.33. The molecular formula is C21H23ClN2O2. The lowest BCUT2D eigenvalue weighted by atomic mass is 10.0. The molecule has 1 amide bonds. The van der Waals surface area contributed by atoms with Crippen molar-refractivity contribution in [3.8, 4) is 11.3 Å². The van der Waals surface area contributed by atoms with E-state index >= 15 is 0 Å². The van der Waals surface area contributed by atoms with Gasteiger partial charge >= 0.3 is 0 Å². The number of H-pyrrole nitrogens is 1. The van der Waals surface area contributed by atoms with E-state index < -0.39 is 5.60 Å². The number of aromatic amines is 1. The van der Waals surface area contributed by atoms with Crippen LogP contribution in [0.3, 0.4) is 0 Å². The van der Waals surface area contributed by atoms with E-state index in [4.69, 9.17) is 16.3 Å². The molecule has 0 unspecified atom stereocenters. The number of hydrogen-bond acceptors (Lipinski definition) is 2. The van der Waals surface area contributed by atoms with Crippen molar-refractivity contribution < 1.29 is 9.53 Å². The molecule has 0 bridgehead atoms. The van der Waals surface area contributed by atoms with E-state index in [1.54, 1.807) is 13.8 Å². The predicted octanol–water partition coefficient (Wildman–Crippen LogP) is 4.84. The fourth-order valence-corrected chi connectivity index (χ4v) is 3.21. The maximum absolute atomic E-state index is 12.3. The SMILES string of the molecule is COC(C)(C)C(=O)NCc1cc(Cl)cc2c(C)c(-c3ccccc3)[nH]c12. The summed E-state index contributed by atoms with van der Waals surface area (Å²) >= 11 is 6.33. The fourth-order valence-electron chi connectivity index (χ4n) is 2.97. The summed E-state index contributed by atoms with van der Waals surface area (Å²) in [4.78, 5) is 15.8. The van der Waals surface area contributed by atoms with Crippen LogP contribution in [0.5, 0.6) is 0 Å². The summed E-state index contributed by atoms with van der Waals surface area (Å²) in [5, 5.41) is 4.64. The average Bonchev–Trinajstić information content (AvgIpc) is 2.97. The molecule has 1 aromatic heterocycles. The van der Waals surface area contributed by atoms with E-state index in [2.05, 4.69) is 29.4 Å². The molecule has 136 valence electrons. The van der Waals surface area contributed by atoms with Crippen molar-refractivity contribution in [2.45, 2.75) is 32.9 Å². The Balaban J connectivity index is 2.00. The van der Waals surface area contributed by atoms with Crippen LogP contribution in [0, 0.1) is 6.92 Å². The van der Waals surface area contributed by atoms with Crippen LogP contribution in [0.1, 0.15) is 25.0 Å². The molecule has 0 saturated carbocycles. The molecule has 1 heterocycles. The van der Waals surface area contributed by atoms with Crippen LogP contribution in [0.4, 0.5) is 0 Å². The van der Waals surface area contributed by atoms with Gasteiger partial charge in [0, 0.05) is 29.8 Å². The zero-order valence-corrected chi connectivity index (χ0v) is 16.2. The van der Waals surface area contributed by atoms with Gasteiger partial charge in [-0.05, 0) is 49.6 Å². The number of carbonyl (C=O) groups excluding carboxylic acids is 1. The summed E-state index contributed by atoms with van der Waals surface area (Å²) in [5.41, 5.74) is 4.37. The molecule has 26 heavy (non-hydrogen) atoms. The number of aromatic nitrogens is 1. The molecule has 5 heteroatoms. The molecule has 0 atom stereocenters. The van der Waals surface area contributed by atoms with Crippen LogP contribution in [0.15, 0.2) is 42.5 Å². The van der Waals surface area contributed by atoms with Crippen molar-refractivity contribution in [2.75, 3.05) is 7.11 Å². The quantitative estimate of drug-likeness (QED) is 0.675. The Bertz CT molecular complexity index is 946. The second-order valence-electron chi connectivity index (χ2n) is 6.88. The van der Waals surface area contributed by atoms with Gasteiger partial charge in [-0.3, -0.25) is 4.79 Å². The number of halogens is 1. The van der Waals surface area contributed by atoms with E-state index in [-0.39, 0.29) is 5.91 Å². The molecule has 0 aliphatic carbocycles. The topological polar surface area (TPSA) is 54.1 Å². The molecule has 0 radical (unpaired) electrons. The first-order valence-electron chi connectivity index (χ1n) is 8.53. The van der Waals surface area contributed by atoms with Gasteiger partial charge in [0.2, 0.25) is 0 Å². The fraction of sp³-hybridized carbons (Fsp3) is 0.286. The third-order valence-corrected chi connectivity index (χ3v) is 4.99. The molecule has 0 aliphatic rings. The first-order chi connectivity index (χ1) is 12.3. The van der Waals surface area contributed by atoms with E-state index in [0.717, 1.165) is 33.3 Å². The number of methoxy groups -OCH3 is 1. The summed E-state index contributed by atoms with van der Waals surface area (Å²) < 4.78 is 5.23. The number of benzene rings is 2.